The van der Waals surface area contributed by atoms with Crippen LogP contribution in [0.1, 0.15) is 19.3 Å². The Morgan fingerprint density at radius 3 is 2.50 bits per heavy atom. The zero-order chi connectivity index (χ0) is 5.98. The first kappa shape index (κ1) is 6.05. The van der Waals surface area contributed by atoms with Crippen molar-refractivity contribution in [3.63, 3.8) is 0 Å². The van der Waals surface area contributed by atoms with Crippen LogP contribution in [0, 0.1) is 0 Å². The lowest BCUT2D eigenvalue weighted by molar-refractivity contribution is 0.153. The van der Waals surface area contributed by atoms with E-state index < -0.39 is 0 Å². The number of aliphatic hydroxyl groups excluding tert-OH is 1. The lowest BCUT2D eigenvalue weighted by atomic mass is 10.2. The molecular formula is C6H13NO. The average molecular weight is 115 g/mol. The first-order chi connectivity index (χ1) is 3.84. The molecule has 0 aliphatic heterocycles. The highest BCUT2D eigenvalue weighted by atomic mass is 16.3. The average Bonchev–Trinajstić information content (AvgIpc) is 2.14. The van der Waals surface area contributed by atoms with Crippen molar-refractivity contribution in [2.75, 3.05) is 7.05 Å². The summed E-state index contributed by atoms with van der Waals surface area (Å²) in [5, 5.41) is 12.2. The fourth-order valence-electron chi connectivity index (χ4n) is 1.28. The van der Waals surface area contributed by atoms with Gasteiger partial charge in [-0.1, -0.05) is 0 Å². The second-order valence-corrected chi connectivity index (χ2v) is 2.39. The molecule has 1 rings (SSSR count). The Hall–Kier alpha value is -0.0800. The Morgan fingerprint density at radius 2 is 2.25 bits per heavy atom. The zero-order valence-corrected chi connectivity index (χ0v) is 5.22. The number of nitrogens with one attached hydrogen (secondary N) is 1. The fraction of sp³-hybridized carbons (Fsp3) is 1.00. The van der Waals surface area contributed by atoms with Crippen molar-refractivity contribution < 1.29 is 5.11 Å². The monoisotopic (exact) mass is 115 g/mol. The largest absolute Gasteiger partial charge is 0.392 e. The molecule has 0 aromatic rings. The zero-order valence-electron chi connectivity index (χ0n) is 5.22. The summed E-state index contributed by atoms with van der Waals surface area (Å²) in [4.78, 5) is 0. The third-order valence-electron chi connectivity index (χ3n) is 1.85. The highest BCUT2D eigenvalue weighted by Crippen LogP contribution is 2.17. The summed E-state index contributed by atoms with van der Waals surface area (Å²) < 4.78 is 0. The Morgan fingerprint density at radius 1 is 1.50 bits per heavy atom. The molecule has 1 aliphatic carbocycles. The van der Waals surface area contributed by atoms with Crippen LogP contribution in [0.2, 0.25) is 0 Å². The SMILES string of the molecule is CN[C@H]1CCC[C@H]1O. The number of likely N-dealkylation sites (N-methyl/N-ethyl adjacent to an activating group) is 1. The molecule has 0 spiro atoms. The molecule has 1 saturated carbocycles. The summed E-state index contributed by atoms with van der Waals surface area (Å²) in [6.07, 6.45) is 3.20. The molecule has 2 atom stereocenters. The highest BCUT2D eigenvalue weighted by molar-refractivity contribution is 4.80. The fourth-order valence-corrected chi connectivity index (χ4v) is 1.28. The summed E-state index contributed by atoms with van der Waals surface area (Å²) >= 11 is 0. The van der Waals surface area contributed by atoms with E-state index in [0.29, 0.717) is 6.04 Å². The van der Waals surface area contributed by atoms with E-state index in [-0.39, 0.29) is 6.10 Å². The lowest BCUT2D eigenvalue weighted by Gasteiger charge is -2.11. The molecule has 0 bridgehead atoms. The predicted octanol–water partition coefficient (Wildman–Crippen LogP) is 0.119. The molecule has 0 unspecified atom stereocenters. The van der Waals surface area contributed by atoms with Gasteiger partial charge in [-0.3, -0.25) is 0 Å². The first-order valence-corrected chi connectivity index (χ1v) is 3.20. The number of aliphatic hydroxyl groups is 1. The molecule has 0 saturated heterocycles. The molecule has 2 nitrogen and oxygen atoms in total. The molecule has 2 heteroatoms. The number of hydrogen-bond acceptors (Lipinski definition) is 2. The molecule has 8 heavy (non-hydrogen) atoms. The van der Waals surface area contributed by atoms with Crippen LogP contribution >= 0.6 is 0 Å². The second kappa shape index (κ2) is 2.46. The van der Waals surface area contributed by atoms with E-state index in [4.69, 9.17) is 5.11 Å². The summed E-state index contributed by atoms with van der Waals surface area (Å²) in [7, 11) is 1.90. The Bertz CT molecular complexity index is 74.9. The van der Waals surface area contributed by atoms with Crippen molar-refractivity contribution in [1.29, 1.82) is 0 Å². The molecular weight excluding hydrogens is 102 g/mol. The molecule has 48 valence electrons. The van der Waals surface area contributed by atoms with Gasteiger partial charge in [-0.25, -0.2) is 0 Å². The van der Waals surface area contributed by atoms with Gasteiger partial charge in [0.2, 0.25) is 0 Å². The normalized spacial score (nSPS) is 38.2. The molecule has 2 N–H and O–H groups in total. The third-order valence-corrected chi connectivity index (χ3v) is 1.85. The molecule has 0 aromatic carbocycles. The Labute approximate surface area is 49.9 Å². The van der Waals surface area contributed by atoms with E-state index in [2.05, 4.69) is 5.32 Å². The van der Waals surface area contributed by atoms with Crippen molar-refractivity contribution in [3.05, 3.63) is 0 Å². The van der Waals surface area contributed by atoms with Gasteiger partial charge in [-0.15, -0.1) is 0 Å². The van der Waals surface area contributed by atoms with Crippen LogP contribution in [0.4, 0.5) is 0 Å². The van der Waals surface area contributed by atoms with E-state index in [9.17, 15) is 0 Å². The summed E-state index contributed by atoms with van der Waals surface area (Å²) in [6, 6.07) is 0.370. The van der Waals surface area contributed by atoms with E-state index >= 15 is 0 Å². The third kappa shape index (κ3) is 1.01. The second-order valence-electron chi connectivity index (χ2n) is 2.39. The summed E-state index contributed by atoms with van der Waals surface area (Å²) in [5.74, 6) is 0. The first-order valence-electron chi connectivity index (χ1n) is 3.20. The topological polar surface area (TPSA) is 32.3 Å². The number of hydrogen-bond donors (Lipinski definition) is 2. The van der Waals surface area contributed by atoms with Crippen molar-refractivity contribution in [2.24, 2.45) is 0 Å². The molecule has 0 heterocycles. The summed E-state index contributed by atoms with van der Waals surface area (Å²) in [5.41, 5.74) is 0. The van der Waals surface area contributed by atoms with Gasteiger partial charge in [0.1, 0.15) is 0 Å². The lowest BCUT2D eigenvalue weighted by Crippen LogP contribution is -2.32. The van der Waals surface area contributed by atoms with Crippen LogP contribution in [-0.2, 0) is 0 Å². The maximum absolute atomic E-state index is 9.13. The van der Waals surface area contributed by atoms with E-state index in [1.54, 1.807) is 0 Å². The van der Waals surface area contributed by atoms with Crippen molar-refractivity contribution in [2.45, 2.75) is 31.4 Å². The molecule has 1 fully saturated rings. The predicted molar refractivity (Wildman–Crippen MR) is 32.7 cm³/mol. The van der Waals surface area contributed by atoms with E-state index in [1.165, 1.54) is 6.42 Å². The maximum Gasteiger partial charge on any atom is 0.0693 e. The van der Waals surface area contributed by atoms with Crippen molar-refractivity contribution >= 4 is 0 Å². The molecule has 0 aromatic heterocycles. The smallest absolute Gasteiger partial charge is 0.0693 e. The molecule has 0 radical (unpaired) electrons. The van der Waals surface area contributed by atoms with Crippen LogP contribution in [0.3, 0.4) is 0 Å². The minimum atomic E-state index is -0.0833. The molecule has 0 amide bonds. The maximum atomic E-state index is 9.13. The van der Waals surface area contributed by atoms with Gasteiger partial charge in [0.15, 0.2) is 0 Å². The van der Waals surface area contributed by atoms with Crippen molar-refractivity contribution in [3.8, 4) is 0 Å². The van der Waals surface area contributed by atoms with Gasteiger partial charge in [0.25, 0.3) is 0 Å². The minimum absolute atomic E-state index is 0.0833. The Kier molecular flexibility index (Phi) is 1.86. The molecule has 1 aliphatic rings. The van der Waals surface area contributed by atoms with Gasteiger partial charge in [0, 0.05) is 6.04 Å². The number of rotatable bonds is 1. The van der Waals surface area contributed by atoms with Crippen LogP contribution in [0.25, 0.3) is 0 Å². The quantitative estimate of drug-likeness (QED) is 0.508. The minimum Gasteiger partial charge on any atom is -0.392 e. The van der Waals surface area contributed by atoms with Crippen LogP contribution < -0.4 is 5.32 Å². The van der Waals surface area contributed by atoms with Gasteiger partial charge in [-0.2, -0.15) is 0 Å². The van der Waals surface area contributed by atoms with Crippen LogP contribution in [-0.4, -0.2) is 24.3 Å². The van der Waals surface area contributed by atoms with Gasteiger partial charge >= 0.3 is 0 Å². The van der Waals surface area contributed by atoms with Gasteiger partial charge < -0.3 is 10.4 Å². The van der Waals surface area contributed by atoms with E-state index in [0.717, 1.165) is 12.8 Å². The van der Waals surface area contributed by atoms with Crippen molar-refractivity contribution in [1.82, 2.24) is 5.32 Å². The Balaban J connectivity index is 2.30. The van der Waals surface area contributed by atoms with Gasteiger partial charge in [0.05, 0.1) is 6.10 Å². The van der Waals surface area contributed by atoms with Gasteiger partial charge in [-0.05, 0) is 26.3 Å². The van der Waals surface area contributed by atoms with E-state index in [1.807, 2.05) is 7.05 Å². The standard InChI is InChI=1S/C6H13NO/c1-7-5-3-2-4-6(5)8/h5-8H,2-4H2,1H3/t5-,6+/m0/s1. The van der Waals surface area contributed by atoms with Crippen LogP contribution in [0.15, 0.2) is 0 Å². The summed E-state index contributed by atoms with van der Waals surface area (Å²) in [6.45, 7) is 0. The van der Waals surface area contributed by atoms with Crippen LogP contribution in [0.5, 0.6) is 0 Å². The highest BCUT2D eigenvalue weighted by Gasteiger charge is 2.22.